The highest BCUT2D eigenvalue weighted by molar-refractivity contribution is 6.01. The average molecular weight is 644 g/mol. The first kappa shape index (κ1) is 31.3. The Kier molecular flexibility index (Phi) is 7.95. The van der Waals surface area contributed by atoms with Crippen molar-refractivity contribution in [2.24, 2.45) is 23.0 Å². The molecule has 0 saturated heterocycles. The van der Waals surface area contributed by atoms with E-state index in [2.05, 4.69) is 31.2 Å². The molecule has 0 aliphatic heterocycles. The van der Waals surface area contributed by atoms with Gasteiger partial charge in [0.2, 0.25) is 0 Å². The van der Waals surface area contributed by atoms with Gasteiger partial charge < -0.3 is 32.5 Å². The number of nitrogens with one attached hydrogen (secondary N) is 3. The molecule has 2 bridgehead atoms. The molecule has 244 valence electrons. The Morgan fingerprint density at radius 3 is 2.62 bits per heavy atom. The van der Waals surface area contributed by atoms with Crippen LogP contribution < -0.4 is 38.3 Å². The van der Waals surface area contributed by atoms with Crippen LogP contribution in [0, 0.1) is 17.3 Å². The van der Waals surface area contributed by atoms with Crippen molar-refractivity contribution in [2.75, 3.05) is 11.1 Å². The van der Waals surface area contributed by atoms with Crippen LogP contribution in [-0.4, -0.2) is 54.7 Å². The largest absolute Gasteiger partial charge is 0.481 e. The molecule has 8 N–H and O–H groups in total. The lowest BCUT2D eigenvalue weighted by Gasteiger charge is -2.48. The van der Waals surface area contributed by atoms with E-state index in [9.17, 15) is 33.9 Å². The number of primary amides is 1. The van der Waals surface area contributed by atoms with Crippen LogP contribution in [0.25, 0.3) is 5.65 Å². The number of nitrogens with zero attached hydrogens (tertiary/aromatic N) is 4. The van der Waals surface area contributed by atoms with Gasteiger partial charge in [0.15, 0.2) is 11.3 Å². The normalized spacial score (nSPS) is 21.2. The first-order chi connectivity index (χ1) is 22.4. The number of amides is 3. The second-order valence-corrected chi connectivity index (χ2v) is 12.4. The number of anilines is 3. The van der Waals surface area contributed by atoms with E-state index in [0.717, 1.165) is 17.4 Å². The van der Waals surface area contributed by atoms with Crippen molar-refractivity contribution < 1.29 is 24.3 Å². The number of hydrogen-bond donors (Lipinski definition) is 6. The lowest BCUT2D eigenvalue weighted by molar-refractivity contribution is -0.156. The second-order valence-electron chi connectivity index (χ2n) is 12.4. The number of hydrogen-bond acceptors (Lipinski definition) is 11. The number of carboxylic acid groups (broad SMARTS) is 1. The standard InChI is InChI=1S/C31H33N9O7/c1-14(18-7-9-31(30(46)47)8-3-5-16(18)12-31)35-29(45)20-11-19(37-27-23(26(33)43)38-39-40(20)27)28(44)34-13-15-4-2-6-17(10-15)36-22-21(32)24(41)25(22)42/h2,4,6,10-11,14,16,18,36H,3,5,7-9,12-13,32H2,1H3,(H2,33,43)(H,34,44)(H,35,45)(H,46,47). The Morgan fingerprint density at radius 2 is 1.89 bits per heavy atom. The number of fused-ring (bicyclic) bond motifs is 3. The Hall–Kier alpha value is -5.67. The number of carbonyl (C=O) groups is 4. The number of nitrogens with two attached hydrogens (primary N) is 2. The Morgan fingerprint density at radius 1 is 1.11 bits per heavy atom. The SMILES string of the molecule is CC(NC(=O)c1cc(C(=O)NCc2cccc(Nc3c(N)c(=O)c3=O)c2)nc2c(C(N)=O)nnn12)C1CCC2(C(=O)O)CCCC1C2. The molecular weight excluding hydrogens is 610 g/mol. The van der Waals surface area contributed by atoms with Crippen molar-refractivity contribution in [1.29, 1.82) is 0 Å². The molecule has 2 aliphatic rings. The van der Waals surface area contributed by atoms with Crippen LogP contribution in [0.3, 0.4) is 0 Å². The molecule has 2 aromatic heterocycles. The molecule has 47 heavy (non-hydrogen) atoms. The van der Waals surface area contributed by atoms with E-state index < -0.39 is 40.0 Å². The maximum absolute atomic E-state index is 13.7. The third-order valence-corrected chi connectivity index (χ3v) is 9.57. The summed E-state index contributed by atoms with van der Waals surface area (Å²) in [5.74, 6) is -2.75. The lowest BCUT2D eigenvalue weighted by atomic mass is 9.57. The van der Waals surface area contributed by atoms with Crippen molar-refractivity contribution in [1.82, 2.24) is 30.4 Å². The summed E-state index contributed by atoms with van der Waals surface area (Å²) in [5.41, 5.74) is 9.06. The molecule has 2 saturated carbocycles. The summed E-state index contributed by atoms with van der Waals surface area (Å²) < 4.78 is 1.05. The summed E-state index contributed by atoms with van der Waals surface area (Å²) in [6.45, 7) is 1.89. The first-order valence-electron chi connectivity index (χ1n) is 15.2. The fourth-order valence-electron chi connectivity index (χ4n) is 7.05. The minimum atomic E-state index is -0.946. The van der Waals surface area contributed by atoms with Crippen LogP contribution in [-0.2, 0) is 11.3 Å². The van der Waals surface area contributed by atoms with Gasteiger partial charge in [0.05, 0.1) is 5.41 Å². The van der Waals surface area contributed by atoms with Gasteiger partial charge in [-0.25, -0.2) is 4.98 Å². The maximum atomic E-state index is 13.7. The monoisotopic (exact) mass is 643 g/mol. The molecule has 2 heterocycles. The number of aromatic nitrogens is 4. The highest BCUT2D eigenvalue weighted by atomic mass is 16.4. The van der Waals surface area contributed by atoms with E-state index in [1.165, 1.54) is 6.07 Å². The summed E-state index contributed by atoms with van der Waals surface area (Å²) >= 11 is 0. The smallest absolute Gasteiger partial charge is 0.309 e. The van der Waals surface area contributed by atoms with E-state index in [4.69, 9.17) is 11.5 Å². The number of benzene rings is 1. The topological polar surface area (TPSA) is 254 Å². The van der Waals surface area contributed by atoms with E-state index in [-0.39, 0.29) is 58.5 Å². The van der Waals surface area contributed by atoms with Crippen LogP contribution in [0.5, 0.6) is 0 Å². The number of carboxylic acids is 1. The molecule has 16 nitrogen and oxygen atoms in total. The highest BCUT2D eigenvalue weighted by Crippen LogP contribution is 2.52. The Bertz CT molecular complexity index is 2010. The van der Waals surface area contributed by atoms with Crippen LogP contribution in [0.4, 0.5) is 17.1 Å². The van der Waals surface area contributed by atoms with Crippen LogP contribution in [0.15, 0.2) is 39.9 Å². The van der Waals surface area contributed by atoms with Gasteiger partial charge in [-0.2, -0.15) is 4.52 Å². The Labute approximate surface area is 266 Å². The average Bonchev–Trinajstić information content (AvgIpc) is 3.50. The van der Waals surface area contributed by atoms with Gasteiger partial charge in [0.25, 0.3) is 28.6 Å². The number of aliphatic carboxylic acids is 1. The quantitative estimate of drug-likeness (QED) is 0.132. The molecule has 4 unspecified atom stereocenters. The summed E-state index contributed by atoms with van der Waals surface area (Å²) in [6.07, 6.45) is 4.15. The summed E-state index contributed by atoms with van der Waals surface area (Å²) in [5, 5.41) is 26.0. The van der Waals surface area contributed by atoms with Crippen molar-refractivity contribution in [3.05, 3.63) is 73.4 Å². The third-order valence-electron chi connectivity index (χ3n) is 9.57. The van der Waals surface area contributed by atoms with Gasteiger partial charge in [-0.15, -0.1) is 5.10 Å². The molecule has 0 spiro atoms. The van der Waals surface area contributed by atoms with Gasteiger partial charge >= 0.3 is 5.97 Å². The van der Waals surface area contributed by atoms with Crippen molar-refractivity contribution in [3.8, 4) is 0 Å². The second kappa shape index (κ2) is 11.9. The zero-order chi connectivity index (χ0) is 33.6. The lowest BCUT2D eigenvalue weighted by Crippen LogP contribution is -2.49. The van der Waals surface area contributed by atoms with E-state index in [0.29, 0.717) is 36.9 Å². The van der Waals surface area contributed by atoms with E-state index >= 15 is 0 Å². The van der Waals surface area contributed by atoms with Gasteiger partial charge in [-0.3, -0.25) is 28.8 Å². The molecule has 2 aromatic carbocycles. The molecular formula is C31H33N9O7. The van der Waals surface area contributed by atoms with Crippen LogP contribution >= 0.6 is 0 Å². The predicted molar refractivity (Wildman–Crippen MR) is 168 cm³/mol. The van der Waals surface area contributed by atoms with Gasteiger partial charge in [0.1, 0.15) is 22.8 Å². The van der Waals surface area contributed by atoms with E-state index in [1.54, 1.807) is 24.3 Å². The summed E-state index contributed by atoms with van der Waals surface area (Å²) in [4.78, 5) is 78.5. The highest BCUT2D eigenvalue weighted by Gasteiger charge is 2.49. The summed E-state index contributed by atoms with van der Waals surface area (Å²) in [6, 6.07) is 7.63. The molecule has 16 heteroatoms. The van der Waals surface area contributed by atoms with Crippen molar-refractivity contribution >= 4 is 46.4 Å². The molecule has 2 fully saturated rings. The number of rotatable bonds is 10. The number of carbonyl (C=O) groups excluding carboxylic acids is 3. The maximum Gasteiger partial charge on any atom is 0.309 e. The van der Waals surface area contributed by atoms with Crippen molar-refractivity contribution in [3.63, 3.8) is 0 Å². The fraction of sp³-hybridized carbons (Fsp3) is 0.387. The third kappa shape index (κ3) is 5.66. The molecule has 4 atom stereocenters. The van der Waals surface area contributed by atoms with Gasteiger partial charge in [-0.05, 0) is 62.1 Å². The molecule has 6 rings (SSSR count). The zero-order valence-corrected chi connectivity index (χ0v) is 25.4. The fourth-order valence-corrected chi connectivity index (χ4v) is 7.05. The number of nitrogen functional groups attached to an aromatic ring is 1. The predicted octanol–water partition coefficient (Wildman–Crippen LogP) is 0.865. The van der Waals surface area contributed by atoms with Crippen LogP contribution in [0.2, 0.25) is 0 Å². The molecule has 3 amide bonds. The first-order valence-corrected chi connectivity index (χ1v) is 15.2. The minimum absolute atomic E-state index is 0.00378. The van der Waals surface area contributed by atoms with Crippen molar-refractivity contribution in [2.45, 2.75) is 58.0 Å². The van der Waals surface area contributed by atoms with Crippen LogP contribution in [0.1, 0.15) is 82.5 Å². The molecule has 0 radical (unpaired) electrons. The van der Waals surface area contributed by atoms with Gasteiger partial charge in [0, 0.05) is 24.3 Å². The minimum Gasteiger partial charge on any atom is -0.481 e. The van der Waals surface area contributed by atoms with Gasteiger partial charge in [-0.1, -0.05) is 30.2 Å². The molecule has 4 aromatic rings. The van der Waals surface area contributed by atoms with E-state index in [1.807, 2.05) is 6.92 Å². The molecule has 2 aliphatic carbocycles. The zero-order valence-electron chi connectivity index (χ0n) is 25.4. The Balaban J connectivity index is 1.20. The summed E-state index contributed by atoms with van der Waals surface area (Å²) in [7, 11) is 0.